The van der Waals surface area contributed by atoms with Crippen LogP contribution in [-0.4, -0.2) is 78.6 Å². The van der Waals surface area contributed by atoms with Crippen LogP contribution in [-0.2, 0) is 9.53 Å². The van der Waals surface area contributed by atoms with Crippen LogP contribution in [0.1, 0.15) is 117 Å². The van der Waals surface area contributed by atoms with Gasteiger partial charge in [-0.1, -0.05) is 77.5 Å². The number of ether oxygens (including phenoxy) is 1. The van der Waals surface area contributed by atoms with E-state index in [9.17, 15) is 20.1 Å². The van der Waals surface area contributed by atoms with Crippen molar-refractivity contribution < 1.29 is 24.9 Å². The molecule has 8 aliphatic carbocycles. The van der Waals surface area contributed by atoms with Crippen molar-refractivity contribution in [2.24, 2.45) is 91.9 Å². The van der Waals surface area contributed by atoms with Crippen LogP contribution in [0.3, 0.4) is 0 Å². The van der Waals surface area contributed by atoms with E-state index in [0.717, 1.165) is 49.2 Å². The molecule has 0 spiro atoms. The number of nitrogens with two attached hydrogens (primary N) is 2. The number of carbonyl (C=O) groups excluding carboxylic acids is 1. The first-order valence-corrected chi connectivity index (χ1v) is 26.8. The summed E-state index contributed by atoms with van der Waals surface area (Å²) < 4.78 is 9.60. The zero-order chi connectivity index (χ0) is 43.8. The van der Waals surface area contributed by atoms with Crippen molar-refractivity contribution in [3.8, 4) is 12.0 Å². The number of guanidine groups is 1. The number of aromatic nitrogens is 2. The fraction of sp³-hybridized carbons (Fsp3) is 0.745. The van der Waals surface area contributed by atoms with E-state index in [4.69, 9.17) is 21.2 Å². The molecular weight excluding hydrogens is 827 g/mol. The van der Waals surface area contributed by atoms with Gasteiger partial charge in [-0.15, -0.1) is 0 Å². The Labute approximate surface area is 381 Å². The monoisotopic (exact) mass is 895 g/mol. The molecule has 340 valence electrons. The number of fused-ring (bicyclic) bond motifs is 12. The summed E-state index contributed by atoms with van der Waals surface area (Å²) in [6.45, 7) is 9.91. The molecule has 6 fully saturated rings. The van der Waals surface area contributed by atoms with Crippen molar-refractivity contribution in [3.63, 3.8) is 0 Å². The molecule has 1 aromatic heterocycles. The van der Waals surface area contributed by atoms with Crippen LogP contribution in [0.4, 0.5) is 0 Å². The van der Waals surface area contributed by atoms with Gasteiger partial charge in [-0.05, 0) is 129 Å². The third-order valence-corrected chi connectivity index (χ3v) is 22.1. The molecule has 0 aromatic carbocycles. The average Bonchev–Trinajstić information content (AvgIpc) is 3.85. The summed E-state index contributed by atoms with van der Waals surface area (Å²) in [5.74, 6) is 6.13. The number of rotatable bonds is 3. The lowest BCUT2D eigenvalue weighted by atomic mass is 9.42. The zero-order valence-corrected chi connectivity index (χ0v) is 39.3. The standard InChI is InChI=1S/C51H69N5O5S2/c1-48(2)21-31(56-13-12-54-26-56)25-63-62-24-30-17-36(35-16-28-8-5-9-33-32-11-10-27-7-6-14-61-46(35)43(42(28)33)45(48)34(32)15-27)50(4)20-29(23-55-47(52)53)44-38(51(30,50)60)19-39(57)37-18-40(58)41(59)22-49(37,44)3/h12-13,19,26-32,35-37,40-41,43-44,46,58-60H,5,7-11,15-18,20-25H2,1-4H3,(H4,52,53,55)/t27-,28-,29-,30+,31+,32-,35-,36+,37-,40+,41-,43+,44-,46-,49-,50+,51+/m0/s1. The van der Waals surface area contributed by atoms with Gasteiger partial charge < -0.3 is 36.1 Å². The molecule has 8 bridgehead atoms. The van der Waals surface area contributed by atoms with Crippen LogP contribution in [0.15, 0.2) is 57.7 Å². The van der Waals surface area contributed by atoms with E-state index in [1.165, 1.54) is 32.1 Å². The van der Waals surface area contributed by atoms with Gasteiger partial charge in [0, 0.05) is 77.9 Å². The first-order chi connectivity index (χ1) is 30.1. The molecule has 0 unspecified atom stereocenters. The number of nitrogens with zero attached hydrogens (tertiary/aromatic N) is 3. The lowest BCUT2D eigenvalue weighted by Gasteiger charge is -2.64. The second-order valence-electron chi connectivity index (χ2n) is 23.0. The highest BCUT2D eigenvalue weighted by molar-refractivity contribution is 8.76. The van der Waals surface area contributed by atoms with Gasteiger partial charge in [0.1, 0.15) is 12.2 Å². The van der Waals surface area contributed by atoms with Gasteiger partial charge in [0.05, 0.1) is 24.1 Å². The Morgan fingerprint density at radius 1 is 1.03 bits per heavy atom. The number of aliphatic hydroxyl groups excluding tert-OH is 2. The second-order valence-corrected chi connectivity index (χ2v) is 25.6. The molecule has 0 radical (unpaired) electrons. The fourth-order valence-electron chi connectivity index (χ4n) is 17.2. The topological polar surface area (TPSA) is 169 Å². The summed E-state index contributed by atoms with van der Waals surface area (Å²) in [4.78, 5) is 23.9. The maximum absolute atomic E-state index is 14.6. The first-order valence-electron chi connectivity index (χ1n) is 24.4. The molecule has 3 heterocycles. The van der Waals surface area contributed by atoms with E-state index < -0.39 is 34.6 Å². The molecule has 10 aliphatic rings. The smallest absolute Gasteiger partial charge is 0.185 e. The molecule has 7 N–H and O–H groups in total. The maximum Gasteiger partial charge on any atom is 0.185 e. The van der Waals surface area contributed by atoms with Crippen LogP contribution in [0.2, 0.25) is 0 Å². The van der Waals surface area contributed by atoms with Crippen molar-refractivity contribution in [2.45, 2.75) is 141 Å². The SMILES string of the molecule is CC1(C)C[C@@H](n2ccnc2)CSSC[C@H]2C[C@H]([C@@H]3C[C@@H]4CCCC5=C4[C@@H]4C1=C1C[C@@H](CC#CO[C@H]43)CC[C@@H]51)[C@@]1(C)C[C@@H](CN=C(N)N)[C@H]3C(=CC(=O)[C@@H]4C[C@@H](O)[C@@H](O)C[C@]34C)[C@]21O. The van der Waals surface area contributed by atoms with Crippen molar-refractivity contribution in [3.05, 3.63) is 52.7 Å². The predicted molar refractivity (Wildman–Crippen MR) is 249 cm³/mol. The number of aliphatic imine (C=N–C) groups is 1. The molecule has 10 nitrogen and oxygen atoms in total. The Morgan fingerprint density at radius 3 is 2.65 bits per heavy atom. The quantitative estimate of drug-likeness (QED) is 0.0679. The maximum atomic E-state index is 14.6. The number of hydrogen-bond acceptors (Lipinski definition) is 9. The Hall–Kier alpha value is -2.69. The summed E-state index contributed by atoms with van der Waals surface area (Å²) in [7, 11) is 3.79. The Kier molecular flexibility index (Phi) is 10.5. The largest absolute Gasteiger partial charge is 0.442 e. The highest BCUT2D eigenvalue weighted by atomic mass is 33.1. The number of imidazole rings is 1. The van der Waals surface area contributed by atoms with Gasteiger partial charge in [0.2, 0.25) is 0 Å². The van der Waals surface area contributed by atoms with Gasteiger partial charge in [-0.2, -0.15) is 0 Å². The first kappa shape index (κ1) is 42.9. The molecule has 17 atom stereocenters. The third kappa shape index (κ3) is 6.41. The molecule has 63 heavy (non-hydrogen) atoms. The molecular formula is C51H69N5O5S2. The number of ketones is 1. The molecule has 1 saturated heterocycles. The molecule has 5 saturated carbocycles. The van der Waals surface area contributed by atoms with E-state index in [-0.39, 0.29) is 77.7 Å². The van der Waals surface area contributed by atoms with Crippen molar-refractivity contribution in [1.82, 2.24) is 9.55 Å². The Balaban J connectivity index is 1.12. The molecule has 1 aromatic rings. The van der Waals surface area contributed by atoms with Gasteiger partial charge in [-0.3, -0.25) is 9.79 Å². The summed E-state index contributed by atoms with van der Waals surface area (Å²) in [5, 5.41) is 36.7. The number of allylic oxidation sites excluding steroid dienone is 3. The highest BCUT2D eigenvalue weighted by Crippen LogP contribution is 2.74. The fourth-order valence-corrected chi connectivity index (χ4v) is 20.0. The normalized spacial score (nSPS) is 47.2. The molecule has 12 heteroatoms. The van der Waals surface area contributed by atoms with E-state index >= 15 is 0 Å². The lowest BCUT2D eigenvalue weighted by molar-refractivity contribution is -0.170. The third-order valence-electron chi connectivity index (χ3n) is 19.5. The number of carbonyl (C=O) groups is 1. The van der Waals surface area contributed by atoms with Crippen LogP contribution in [0.5, 0.6) is 0 Å². The van der Waals surface area contributed by atoms with Crippen LogP contribution in [0.25, 0.3) is 0 Å². The lowest BCUT2D eigenvalue weighted by Crippen LogP contribution is -2.65. The van der Waals surface area contributed by atoms with Crippen LogP contribution < -0.4 is 11.5 Å². The highest BCUT2D eigenvalue weighted by Gasteiger charge is 2.73. The minimum absolute atomic E-state index is 0.0323. The molecule has 2 aliphatic heterocycles. The van der Waals surface area contributed by atoms with Crippen LogP contribution in [0, 0.1) is 87.5 Å². The summed E-state index contributed by atoms with van der Waals surface area (Å²) in [6.07, 6.45) is 21.2. The summed E-state index contributed by atoms with van der Waals surface area (Å²) in [6, 6.07) is 0.224. The number of aliphatic hydroxyl groups is 3. The molecule has 11 rings (SSSR count). The summed E-state index contributed by atoms with van der Waals surface area (Å²) in [5.41, 5.74) is 17.1. The van der Waals surface area contributed by atoms with Crippen molar-refractivity contribution in [2.75, 3.05) is 18.1 Å². The van der Waals surface area contributed by atoms with E-state index in [0.29, 0.717) is 30.7 Å². The summed E-state index contributed by atoms with van der Waals surface area (Å²) >= 11 is 0. The average molecular weight is 896 g/mol. The van der Waals surface area contributed by atoms with Gasteiger partial charge in [-0.25, -0.2) is 4.98 Å². The van der Waals surface area contributed by atoms with Crippen molar-refractivity contribution >= 4 is 33.3 Å². The van der Waals surface area contributed by atoms with Crippen LogP contribution >= 0.6 is 21.6 Å². The van der Waals surface area contributed by atoms with E-state index in [1.54, 1.807) is 22.3 Å². The molecule has 0 amide bonds. The van der Waals surface area contributed by atoms with Crippen molar-refractivity contribution in [1.29, 1.82) is 0 Å². The second kappa shape index (κ2) is 15.4. The predicted octanol–water partition coefficient (Wildman–Crippen LogP) is 7.37. The minimum atomic E-state index is -1.30. The zero-order valence-electron chi connectivity index (χ0n) is 37.7. The van der Waals surface area contributed by atoms with Gasteiger partial charge >= 0.3 is 0 Å². The van der Waals surface area contributed by atoms with E-state index in [1.807, 2.05) is 40.2 Å². The Bertz CT molecular complexity index is 2220. The minimum Gasteiger partial charge on any atom is -0.442 e. The Morgan fingerprint density at radius 2 is 1.86 bits per heavy atom. The van der Waals surface area contributed by atoms with Gasteiger partial charge in [0.25, 0.3) is 0 Å². The van der Waals surface area contributed by atoms with Gasteiger partial charge in [0.15, 0.2) is 11.7 Å². The van der Waals surface area contributed by atoms with E-state index in [2.05, 4.69) is 55.5 Å². The number of hydrogen-bond donors (Lipinski definition) is 5.